The molecule has 1 aliphatic heterocycles. The van der Waals surface area contributed by atoms with Crippen LogP contribution in [0.3, 0.4) is 0 Å². The maximum atomic E-state index is 9.46. The van der Waals surface area contributed by atoms with Gasteiger partial charge in [-0.05, 0) is 28.1 Å². The van der Waals surface area contributed by atoms with Crippen LogP contribution in [0.2, 0.25) is 0 Å². The number of nitrogen functional groups attached to an aromatic ring is 1. The van der Waals surface area contributed by atoms with Crippen LogP contribution in [0.5, 0.6) is 5.75 Å². The lowest BCUT2D eigenvalue weighted by molar-refractivity contribution is 0.141. The molecule has 78 valence electrons. The van der Waals surface area contributed by atoms with Crippen molar-refractivity contribution < 1.29 is 9.84 Å². The molecular weight excluding hydrogens is 246 g/mol. The van der Waals surface area contributed by atoms with Gasteiger partial charge in [0.25, 0.3) is 0 Å². The van der Waals surface area contributed by atoms with Crippen LogP contribution in [0.1, 0.15) is 25.5 Å². The van der Waals surface area contributed by atoms with Gasteiger partial charge in [0.2, 0.25) is 0 Å². The Hall–Kier alpha value is -0.740. The van der Waals surface area contributed by atoms with Crippen molar-refractivity contribution in [2.24, 2.45) is 0 Å². The van der Waals surface area contributed by atoms with Crippen LogP contribution in [0, 0.1) is 0 Å². The molecule has 0 saturated heterocycles. The molecule has 0 bridgehead atoms. The summed E-state index contributed by atoms with van der Waals surface area (Å²) >= 11 is 3.28. The number of rotatable bonds is 0. The number of ether oxygens (including phenoxy) is 1. The van der Waals surface area contributed by atoms with Crippen molar-refractivity contribution in [2.75, 3.05) is 12.3 Å². The molecular formula is C10H14BrNO2. The SMILES string of the molecule is CC.Nc1c(Br)ccc2c1C(O)CO2. The lowest BCUT2D eigenvalue weighted by Gasteiger charge is -2.05. The fraction of sp³-hybridized carbons (Fsp3) is 0.400. The normalized spacial score (nSPS) is 17.9. The van der Waals surface area contributed by atoms with Gasteiger partial charge in [0, 0.05) is 4.47 Å². The Labute approximate surface area is 92.0 Å². The van der Waals surface area contributed by atoms with Gasteiger partial charge in [-0.15, -0.1) is 0 Å². The molecule has 4 heteroatoms. The van der Waals surface area contributed by atoms with Crippen molar-refractivity contribution >= 4 is 21.6 Å². The fourth-order valence-corrected chi connectivity index (χ4v) is 1.66. The number of anilines is 1. The molecule has 0 aromatic heterocycles. The van der Waals surface area contributed by atoms with Gasteiger partial charge in [-0.1, -0.05) is 13.8 Å². The summed E-state index contributed by atoms with van der Waals surface area (Å²) in [6.45, 7) is 4.30. The van der Waals surface area contributed by atoms with Crippen molar-refractivity contribution in [3.8, 4) is 5.75 Å². The van der Waals surface area contributed by atoms with Crippen molar-refractivity contribution in [3.05, 3.63) is 22.2 Å². The number of nitrogens with two attached hydrogens (primary N) is 1. The third-order valence-electron chi connectivity index (χ3n) is 1.92. The van der Waals surface area contributed by atoms with Crippen LogP contribution in [0.25, 0.3) is 0 Å². The molecule has 0 saturated carbocycles. The van der Waals surface area contributed by atoms with E-state index >= 15 is 0 Å². The van der Waals surface area contributed by atoms with Gasteiger partial charge in [-0.2, -0.15) is 0 Å². The minimum Gasteiger partial charge on any atom is -0.490 e. The Morgan fingerprint density at radius 3 is 2.79 bits per heavy atom. The number of halogens is 1. The molecule has 1 heterocycles. The molecule has 0 amide bonds. The zero-order valence-electron chi connectivity index (χ0n) is 8.25. The second kappa shape index (κ2) is 4.66. The summed E-state index contributed by atoms with van der Waals surface area (Å²) in [7, 11) is 0. The van der Waals surface area contributed by atoms with E-state index in [0.717, 1.165) is 4.47 Å². The third kappa shape index (κ3) is 1.86. The fourth-order valence-electron chi connectivity index (χ4n) is 1.31. The van der Waals surface area contributed by atoms with Crippen molar-refractivity contribution in [3.63, 3.8) is 0 Å². The second-order valence-corrected chi connectivity index (χ2v) is 3.55. The standard InChI is InChI=1S/C8H8BrNO2.C2H6/c9-4-1-2-6-7(8(4)10)5(11)3-12-6;1-2/h1-2,5,11H,3,10H2;1-2H3. The lowest BCUT2D eigenvalue weighted by Crippen LogP contribution is -2.00. The quantitative estimate of drug-likeness (QED) is 0.704. The number of benzene rings is 1. The summed E-state index contributed by atoms with van der Waals surface area (Å²) in [5.74, 6) is 0.684. The van der Waals surface area contributed by atoms with Gasteiger partial charge in [0.15, 0.2) is 0 Å². The predicted octanol–water partition coefficient (Wildman–Crippen LogP) is 2.48. The number of aliphatic hydroxyl groups is 1. The van der Waals surface area contributed by atoms with Crippen molar-refractivity contribution in [1.29, 1.82) is 0 Å². The van der Waals surface area contributed by atoms with E-state index in [-0.39, 0.29) is 0 Å². The zero-order valence-corrected chi connectivity index (χ0v) is 9.84. The molecule has 14 heavy (non-hydrogen) atoms. The monoisotopic (exact) mass is 259 g/mol. The summed E-state index contributed by atoms with van der Waals surface area (Å²) < 4.78 is 5.99. The molecule has 1 aromatic rings. The maximum Gasteiger partial charge on any atom is 0.127 e. The first kappa shape index (κ1) is 11.3. The molecule has 3 N–H and O–H groups in total. The Bertz CT molecular complexity index is 328. The van der Waals surface area contributed by atoms with Crippen LogP contribution in [-0.2, 0) is 0 Å². The highest BCUT2D eigenvalue weighted by molar-refractivity contribution is 9.10. The number of hydrogen-bond donors (Lipinski definition) is 2. The molecule has 0 radical (unpaired) electrons. The van der Waals surface area contributed by atoms with Gasteiger partial charge in [-0.3, -0.25) is 0 Å². The minimum atomic E-state index is -0.586. The summed E-state index contributed by atoms with van der Waals surface area (Å²) in [6.07, 6.45) is -0.586. The van der Waals surface area contributed by atoms with Gasteiger partial charge >= 0.3 is 0 Å². The van der Waals surface area contributed by atoms with Crippen LogP contribution < -0.4 is 10.5 Å². The summed E-state index contributed by atoms with van der Waals surface area (Å²) in [6, 6.07) is 3.61. The molecule has 0 spiro atoms. The van der Waals surface area contributed by atoms with E-state index < -0.39 is 6.10 Å². The summed E-state index contributed by atoms with van der Waals surface area (Å²) in [5.41, 5.74) is 7.00. The Morgan fingerprint density at radius 1 is 1.50 bits per heavy atom. The first-order valence-corrected chi connectivity index (χ1v) is 5.38. The van der Waals surface area contributed by atoms with E-state index in [2.05, 4.69) is 15.9 Å². The average molecular weight is 260 g/mol. The molecule has 1 aliphatic rings. The Morgan fingerprint density at radius 2 is 2.14 bits per heavy atom. The minimum absolute atomic E-state index is 0.302. The number of aliphatic hydroxyl groups excluding tert-OH is 1. The highest BCUT2D eigenvalue weighted by Crippen LogP contribution is 2.39. The number of hydrogen-bond acceptors (Lipinski definition) is 3. The Balaban J connectivity index is 0.000000461. The average Bonchev–Trinajstić information content (AvgIpc) is 2.58. The zero-order chi connectivity index (χ0) is 10.7. The van der Waals surface area contributed by atoms with E-state index in [0.29, 0.717) is 23.6 Å². The lowest BCUT2D eigenvalue weighted by atomic mass is 10.1. The molecule has 3 nitrogen and oxygen atoms in total. The van der Waals surface area contributed by atoms with Gasteiger partial charge in [0.05, 0.1) is 11.3 Å². The van der Waals surface area contributed by atoms with E-state index in [1.165, 1.54) is 0 Å². The van der Waals surface area contributed by atoms with Gasteiger partial charge in [-0.25, -0.2) is 0 Å². The van der Waals surface area contributed by atoms with E-state index in [1.807, 2.05) is 19.9 Å². The summed E-state index contributed by atoms with van der Waals surface area (Å²) in [4.78, 5) is 0. The van der Waals surface area contributed by atoms with Crippen LogP contribution in [0.4, 0.5) is 5.69 Å². The first-order chi connectivity index (χ1) is 6.70. The second-order valence-electron chi connectivity index (χ2n) is 2.70. The van der Waals surface area contributed by atoms with Crippen molar-refractivity contribution in [1.82, 2.24) is 0 Å². The van der Waals surface area contributed by atoms with Gasteiger partial charge < -0.3 is 15.6 Å². The smallest absolute Gasteiger partial charge is 0.127 e. The van der Waals surface area contributed by atoms with Crippen molar-refractivity contribution in [2.45, 2.75) is 20.0 Å². The summed E-state index contributed by atoms with van der Waals surface area (Å²) in [5, 5.41) is 9.46. The molecule has 0 aliphatic carbocycles. The Kier molecular flexibility index (Phi) is 3.77. The van der Waals surface area contributed by atoms with E-state index in [4.69, 9.17) is 10.5 Å². The van der Waals surface area contributed by atoms with E-state index in [9.17, 15) is 5.11 Å². The van der Waals surface area contributed by atoms with Crippen LogP contribution >= 0.6 is 15.9 Å². The maximum absolute atomic E-state index is 9.46. The highest BCUT2D eigenvalue weighted by Gasteiger charge is 2.25. The third-order valence-corrected chi connectivity index (χ3v) is 2.62. The largest absolute Gasteiger partial charge is 0.490 e. The molecule has 1 unspecified atom stereocenters. The van der Waals surface area contributed by atoms with Crippen LogP contribution in [0.15, 0.2) is 16.6 Å². The van der Waals surface area contributed by atoms with Gasteiger partial charge in [0.1, 0.15) is 18.5 Å². The topological polar surface area (TPSA) is 55.5 Å². The molecule has 2 rings (SSSR count). The first-order valence-electron chi connectivity index (χ1n) is 4.59. The number of fused-ring (bicyclic) bond motifs is 1. The van der Waals surface area contributed by atoms with Crippen LogP contribution in [-0.4, -0.2) is 11.7 Å². The highest BCUT2D eigenvalue weighted by atomic mass is 79.9. The molecule has 0 fully saturated rings. The van der Waals surface area contributed by atoms with E-state index in [1.54, 1.807) is 6.07 Å². The molecule has 1 atom stereocenters. The molecule has 1 aromatic carbocycles. The predicted molar refractivity (Wildman–Crippen MR) is 60.4 cm³/mol.